The van der Waals surface area contributed by atoms with Gasteiger partial charge in [-0.1, -0.05) is 37.6 Å². The molecular weight excluding hydrogens is 449 g/mol. The molecule has 2 unspecified atom stereocenters. The number of benzene rings is 1. The maximum Gasteiger partial charge on any atom is 0.338 e. The first-order valence-corrected chi connectivity index (χ1v) is 12.2. The molecule has 0 aromatic heterocycles. The van der Waals surface area contributed by atoms with Crippen LogP contribution in [0.3, 0.4) is 0 Å². The fraction of sp³-hybridized carbons (Fsp3) is 0.556. The van der Waals surface area contributed by atoms with Gasteiger partial charge in [0.2, 0.25) is 0 Å². The van der Waals surface area contributed by atoms with Gasteiger partial charge in [0.15, 0.2) is 0 Å². The number of likely N-dealkylation sites (N-methyl/N-ethyl adjacent to an activating group) is 1. The molecule has 2 saturated heterocycles. The first kappa shape index (κ1) is 28.7. The Morgan fingerprint density at radius 3 is 2.63 bits per heavy atom. The highest BCUT2D eigenvalue weighted by Crippen LogP contribution is 2.41. The molecule has 7 nitrogen and oxygen atoms in total. The molecule has 35 heavy (non-hydrogen) atoms. The second-order valence-corrected chi connectivity index (χ2v) is 8.41. The molecule has 4 rings (SSSR count). The van der Waals surface area contributed by atoms with Crippen LogP contribution >= 0.6 is 0 Å². The zero-order chi connectivity index (χ0) is 25.6. The summed E-state index contributed by atoms with van der Waals surface area (Å²) in [6.45, 7) is 8.88. The Bertz CT molecular complexity index is 908. The third-order valence-electron chi connectivity index (χ3n) is 6.55. The van der Waals surface area contributed by atoms with Crippen molar-refractivity contribution in [2.75, 3.05) is 53.3 Å². The van der Waals surface area contributed by atoms with E-state index in [1.165, 1.54) is 11.1 Å². The van der Waals surface area contributed by atoms with Crippen molar-refractivity contribution in [3.63, 3.8) is 0 Å². The summed E-state index contributed by atoms with van der Waals surface area (Å²) in [4.78, 5) is 14.1. The smallest absolute Gasteiger partial charge is 0.338 e. The molecule has 1 aliphatic carbocycles. The topological polar surface area (TPSA) is 94.8 Å². The van der Waals surface area contributed by atoms with Gasteiger partial charge < -0.3 is 14.6 Å². The number of nitrogens with one attached hydrogen (secondary N) is 1. The van der Waals surface area contributed by atoms with Gasteiger partial charge in [0.1, 0.15) is 6.61 Å². The number of aliphatic hydroxyl groups is 1. The Labute approximate surface area is 208 Å². The highest BCUT2D eigenvalue weighted by atomic mass is 19.1. The van der Waals surface area contributed by atoms with Crippen LogP contribution < -0.4 is 5.32 Å². The molecule has 0 radical (unpaired) electrons. The first-order chi connectivity index (χ1) is 17.1. The van der Waals surface area contributed by atoms with Crippen molar-refractivity contribution in [2.24, 2.45) is 5.92 Å². The summed E-state index contributed by atoms with van der Waals surface area (Å²) in [5.74, 6) is 0.191. The number of carbonyl (C=O) groups is 1. The van der Waals surface area contributed by atoms with E-state index in [0.717, 1.165) is 62.2 Å². The molecule has 0 spiro atoms. The van der Waals surface area contributed by atoms with Gasteiger partial charge in [0, 0.05) is 31.1 Å². The van der Waals surface area contributed by atoms with Crippen LogP contribution in [0.2, 0.25) is 0 Å². The van der Waals surface area contributed by atoms with Gasteiger partial charge in [0.05, 0.1) is 43.8 Å². The highest BCUT2D eigenvalue weighted by molar-refractivity contribution is 5.97. The van der Waals surface area contributed by atoms with E-state index in [0.29, 0.717) is 26.3 Å². The van der Waals surface area contributed by atoms with Crippen LogP contribution in [0.5, 0.6) is 0 Å². The number of rotatable bonds is 8. The monoisotopic (exact) mass is 487 g/mol. The molecule has 2 atom stereocenters. The summed E-state index contributed by atoms with van der Waals surface area (Å²) in [6, 6.07) is 9.74. The van der Waals surface area contributed by atoms with Gasteiger partial charge in [-0.2, -0.15) is 5.26 Å². The van der Waals surface area contributed by atoms with E-state index in [1.807, 2.05) is 30.3 Å². The maximum atomic E-state index is 11.7. The van der Waals surface area contributed by atoms with Crippen LogP contribution in [0.4, 0.5) is 4.39 Å². The number of nitrogens with zero attached hydrogens (tertiary/aromatic N) is 2. The largest absolute Gasteiger partial charge is 0.457 e. The number of allylic oxidation sites excluding steroid dienone is 1. The van der Waals surface area contributed by atoms with Crippen molar-refractivity contribution in [2.45, 2.75) is 39.2 Å². The van der Waals surface area contributed by atoms with Crippen molar-refractivity contribution in [1.82, 2.24) is 10.2 Å². The van der Waals surface area contributed by atoms with Crippen molar-refractivity contribution in [3.8, 4) is 6.07 Å². The average molecular weight is 488 g/mol. The van der Waals surface area contributed by atoms with E-state index in [4.69, 9.17) is 19.8 Å². The Kier molecular flexibility index (Phi) is 12.6. The summed E-state index contributed by atoms with van der Waals surface area (Å²) in [6.07, 6.45) is 4.99. The van der Waals surface area contributed by atoms with Gasteiger partial charge in [-0.25, -0.2) is 4.79 Å². The molecule has 0 saturated carbocycles. The summed E-state index contributed by atoms with van der Waals surface area (Å²) in [7, 11) is 0.500. The number of nitriles is 1. The number of halogens is 1. The van der Waals surface area contributed by atoms with Gasteiger partial charge >= 0.3 is 5.97 Å². The minimum Gasteiger partial charge on any atom is -0.457 e. The highest BCUT2D eigenvalue weighted by Gasteiger charge is 2.39. The predicted octanol–water partition coefficient (Wildman–Crippen LogP) is 3.14. The zero-order valence-electron chi connectivity index (χ0n) is 21.1. The van der Waals surface area contributed by atoms with Gasteiger partial charge in [-0.05, 0) is 43.5 Å². The third-order valence-corrected chi connectivity index (χ3v) is 6.55. The number of hydrogen-bond acceptors (Lipinski definition) is 7. The van der Waals surface area contributed by atoms with Crippen molar-refractivity contribution >= 4 is 5.97 Å². The summed E-state index contributed by atoms with van der Waals surface area (Å²) < 4.78 is 20.8. The lowest BCUT2D eigenvalue weighted by atomic mass is 9.77. The standard InChI is InChI=1S/C17H26N2O4.C9H9N.CH3F/c1-2-19(7-6-18-11-20)9-16-13-3-4-14-15(10-23-17(14)21)12(13)5-8-22-16;1-2-8-3-5-9(7-10)6-4-8;1-2/h4,13,16,18,20H,2-3,5-11H2,1H3;3-6H,2H2,1H3;1H3. The van der Waals surface area contributed by atoms with Gasteiger partial charge in [-0.3, -0.25) is 14.6 Å². The molecule has 8 heteroatoms. The molecule has 1 aromatic rings. The number of alkyl halides is 1. The van der Waals surface area contributed by atoms with Crippen LogP contribution in [0, 0.1) is 17.2 Å². The summed E-state index contributed by atoms with van der Waals surface area (Å²) in [5, 5.41) is 20.2. The zero-order valence-corrected chi connectivity index (χ0v) is 21.1. The lowest BCUT2D eigenvalue weighted by Crippen LogP contribution is -2.44. The number of esters is 1. The summed E-state index contributed by atoms with van der Waals surface area (Å²) >= 11 is 0. The van der Waals surface area contributed by atoms with E-state index in [9.17, 15) is 9.18 Å². The number of hydrogen-bond donors (Lipinski definition) is 2. The fourth-order valence-electron chi connectivity index (χ4n) is 4.59. The van der Waals surface area contributed by atoms with Crippen LogP contribution in [0.15, 0.2) is 47.1 Å². The van der Waals surface area contributed by atoms with Gasteiger partial charge in [0.25, 0.3) is 0 Å². The second kappa shape index (κ2) is 15.4. The minimum atomic E-state index is -0.167. The Morgan fingerprint density at radius 2 is 2.00 bits per heavy atom. The van der Waals surface area contributed by atoms with Gasteiger partial charge in [-0.15, -0.1) is 0 Å². The average Bonchev–Trinajstić information content (AvgIpc) is 3.31. The molecule has 1 aromatic carbocycles. The number of carbonyl (C=O) groups excluding carboxylic acids is 1. The van der Waals surface area contributed by atoms with Crippen LogP contribution in [-0.2, 0) is 20.7 Å². The Balaban J connectivity index is 0.000000302. The van der Waals surface area contributed by atoms with E-state index in [-0.39, 0.29) is 18.8 Å². The fourth-order valence-corrected chi connectivity index (χ4v) is 4.59. The number of aryl methyl sites for hydroxylation is 1. The molecule has 2 fully saturated rings. The quantitative estimate of drug-likeness (QED) is 0.330. The van der Waals surface area contributed by atoms with Crippen molar-refractivity contribution < 1.29 is 23.8 Å². The van der Waals surface area contributed by atoms with Crippen LogP contribution in [0.1, 0.15) is 37.8 Å². The second-order valence-electron chi connectivity index (χ2n) is 8.41. The molecular formula is C27H38FN3O4. The molecule has 0 bridgehead atoms. The Hall–Kier alpha value is -2.57. The van der Waals surface area contributed by atoms with Crippen LogP contribution in [0.25, 0.3) is 0 Å². The van der Waals surface area contributed by atoms with E-state index in [1.54, 1.807) is 0 Å². The van der Waals surface area contributed by atoms with Crippen molar-refractivity contribution in [1.29, 1.82) is 5.26 Å². The molecule has 192 valence electrons. The first-order valence-electron chi connectivity index (χ1n) is 12.2. The lowest BCUT2D eigenvalue weighted by molar-refractivity contribution is -0.135. The number of cyclic esters (lactones) is 1. The molecule has 2 aliphatic heterocycles. The number of ether oxygens (including phenoxy) is 2. The lowest BCUT2D eigenvalue weighted by Gasteiger charge is -2.38. The number of aliphatic hydroxyl groups excluding tert-OH is 1. The molecule has 3 aliphatic rings. The Morgan fingerprint density at radius 1 is 1.26 bits per heavy atom. The SMILES string of the molecule is CCN(CCNCO)CC1OCCC2=C3COC(=O)C3=CCC21.CCc1ccc(C#N)cc1.CF. The van der Waals surface area contributed by atoms with E-state index >= 15 is 0 Å². The van der Waals surface area contributed by atoms with E-state index < -0.39 is 0 Å². The van der Waals surface area contributed by atoms with E-state index in [2.05, 4.69) is 30.1 Å². The normalized spacial score (nSPS) is 20.4. The summed E-state index contributed by atoms with van der Waals surface area (Å²) in [5.41, 5.74) is 5.28. The maximum absolute atomic E-state index is 11.7. The third kappa shape index (κ3) is 7.97. The molecule has 2 N–H and O–H groups in total. The molecule has 2 heterocycles. The minimum absolute atomic E-state index is 0.0119. The molecule has 0 amide bonds. The number of fused-ring (bicyclic) bond motifs is 2. The van der Waals surface area contributed by atoms with Crippen molar-refractivity contribution in [3.05, 3.63) is 58.2 Å². The predicted molar refractivity (Wildman–Crippen MR) is 133 cm³/mol. The van der Waals surface area contributed by atoms with Crippen LogP contribution in [-0.4, -0.2) is 75.4 Å².